The number of allylic oxidation sites excluding steroid dienone is 1. The van der Waals surface area contributed by atoms with E-state index in [0.29, 0.717) is 0 Å². The van der Waals surface area contributed by atoms with E-state index >= 15 is 0 Å². The second-order valence-corrected chi connectivity index (χ2v) is 2.19. The van der Waals surface area contributed by atoms with Crippen molar-refractivity contribution < 1.29 is 31.5 Å². The molecule has 8 heteroatoms. The van der Waals surface area contributed by atoms with Gasteiger partial charge in [0, 0.05) is 6.08 Å². The number of esters is 1. The monoisotopic (exact) mass is 219 g/mol. The summed E-state index contributed by atoms with van der Waals surface area (Å²) in [5.41, 5.74) is 2.50. The Balaban J connectivity index is 4.93. The topological polar surface area (TPSA) is 52.3 Å². The minimum atomic E-state index is -5.83. The van der Waals surface area contributed by atoms with Crippen molar-refractivity contribution in [2.45, 2.75) is 12.1 Å². The summed E-state index contributed by atoms with van der Waals surface area (Å²) in [6.07, 6.45) is -5.95. The fourth-order valence-electron chi connectivity index (χ4n) is 0.440. The molecule has 0 heterocycles. The number of nitrogens with two attached hydrogens (primary N) is 1. The van der Waals surface area contributed by atoms with Gasteiger partial charge in [0.2, 0.25) is 0 Å². The third kappa shape index (κ3) is 2.57. The fourth-order valence-corrected chi connectivity index (χ4v) is 0.440. The van der Waals surface area contributed by atoms with Gasteiger partial charge in [-0.1, -0.05) is 0 Å². The van der Waals surface area contributed by atoms with Crippen LogP contribution in [0.4, 0.5) is 22.0 Å². The molecule has 3 nitrogen and oxygen atoms in total. The molecular weight excluding hydrogens is 213 g/mol. The van der Waals surface area contributed by atoms with Crippen molar-refractivity contribution in [1.82, 2.24) is 0 Å². The van der Waals surface area contributed by atoms with Gasteiger partial charge in [-0.2, -0.15) is 22.0 Å². The molecule has 0 aromatic heterocycles. The second-order valence-electron chi connectivity index (χ2n) is 2.19. The maximum atomic E-state index is 12.3. The van der Waals surface area contributed by atoms with Gasteiger partial charge in [0.25, 0.3) is 0 Å². The average Bonchev–Trinajstić information content (AvgIpc) is 2.01. The molecule has 0 amide bonds. The third-order valence-corrected chi connectivity index (χ3v) is 1.19. The van der Waals surface area contributed by atoms with E-state index in [1.54, 1.807) is 0 Å². The summed E-state index contributed by atoms with van der Waals surface area (Å²) in [5, 5.41) is 0. The molecule has 0 saturated carbocycles. The van der Waals surface area contributed by atoms with Crippen molar-refractivity contribution in [3.63, 3.8) is 0 Å². The smallest absolute Gasteiger partial charge is 0.459 e. The zero-order valence-electron chi connectivity index (χ0n) is 6.86. The summed E-state index contributed by atoms with van der Waals surface area (Å²) in [4.78, 5) is 10.3. The van der Waals surface area contributed by atoms with Crippen LogP contribution in [0.1, 0.15) is 0 Å². The number of ether oxygens (including phenoxy) is 1. The van der Waals surface area contributed by atoms with Crippen molar-refractivity contribution in [2.24, 2.45) is 5.73 Å². The summed E-state index contributed by atoms with van der Waals surface area (Å²) < 4.78 is 63.3. The lowest BCUT2D eigenvalue weighted by Crippen LogP contribution is -2.41. The van der Waals surface area contributed by atoms with Crippen LogP contribution in [0.3, 0.4) is 0 Å². The van der Waals surface area contributed by atoms with E-state index in [0.717, 1.165) is 7.11 Å². The molecule has 0 atom stereocenters. The number of carbonyl (C=O) groups excluding carboxylic acids is 1. The highest BCUT2D eigenvalue weighted by molar-refractivity contribution is 5.82. The third-order valence-electron chi connectivity index (χ3n) is 1.19. The van der Waals surface area contributed by atoms with Crippen LogP contribution in [0.25, 0.3) is 0 Å². The van der Waals surface area contributed by atoms with Gasteiger partial charge in [-0.15, -0.1) is 0 Å². The number of halogens is 5. The predicted octanol–water partition coefficient (Wildman–Crippen LogP) is 1.20. The zero-order valence-corrected chi connectivity index (χ0v) is 6.86. The molecule has 0 aromatic rings. The Labute approximate surface area is 75.3 Å². The van der Waals surface area contributed by atoms with Gasteiger partial charge in [0.1, 0.15) is 0 Å². The summed E-state index contributed by atoms with van der Waals surface area (Å²) in [7, 11) is 0.817. The zero-order chi connectivity index (χ0) is 11.6. The van der Waals surface area contributed by atoms with Crippen LogP contribution in [0.2, 0.25) is 0 Å². The van der Waals surface area contributed by atoms with Gasteiger partial charge >= 0.3 is 18.1 Å². The summed E-state index contributed by atoms with van der Waals surface area (Å²) in [5.74, 6) is -6.62. The van der Waals surface area contributed by atoms with E-state index in [1.807, 2.05) is 0 Å². The van der Waals surface area contributed by atoms with Crippen molar-refractivity contribution in [2.75, 3.05) is 7.11 Å². The molecule has 0 unspecified atom stereocenters. The first-order chi connectivity index (χ1) is 6.13. The van der Waals surface area contributed by atoms with E-state index in [1.165, 1.54) is 0 Å². The van der Waals surface area contributed by atoms with Gasteiger partial charge in [0.05, 0.1) is 12.8 Å². The minimum Gasteiger partial charge on any atom is -0.466 e. The molecule has 0 bridgehead atoms. The highest BCUT2D eigenvalue weighted by atomic mass is 19.4. The van der Waals surface area contributed by atoms with Crippen LogP contribution >= 0.6 is 0 Å². The molecular formula is C6H6F5NO2. The molecule has 14 heavy (non-hydrogen) atoms. The number of alkyl halides is 5. The summed E-state index contributed by atoms with van der Waals surface area (Å²) in [6.45, 7) is 0. The molecule has 0 rings (SSSR count). The Kier molecular flexibility index (Phi) is 3.44. The van der Waals surface area contributed by atoms with Crippen molar-refractivity contribution in [3.8, 4) is 0 Å². The second kappa shape index (κ2) is 3.81. The summed E-state index contributed by atoms with van der Waals surface area (Å²) in [6, 6.07) is 0. The number of rotatable bonds is 2. The van der Waals surface area contributed by atoms with Gasteiger partial charge < -0.3 is 10.5 Å². The molecule has 82 valence electrons. The fraction of sp³-hybridized carbons (Fsp3) is 0.500. The van der Waals surface area contributed by atoms with Crippen molar-refractivity contribution in [1.29, 1.82) is 0 Å². The lowest BCUT2D eigenvalue weighted by molar-refractivity contribution is -0.264. The maximum absolute atomic E-state index is 12.3. The molecule has 0 aliphatic heterocycles. The number of methoxy groups -OCH3 is 1. The van der Waals surface area contributed by atoms with Crippen LogP contribution in [0, 0.1) is 0 Å². The first kappa shape index (κ1) is 12.7. The molecule has 0 fully saturated rings. The molecule has 0 aliphatic rings. The number of hydrogen-bond donors (Lipinski definition) is 1. The maximum Gasteiger partial charge on any atom is 0.459 e. The van der Waals surface area contributed by atoms with Crippen LogP contribution in [-0.2, 0) is 9.53 Å². The van der Waals surface area contributed by atoms with Gasteiger partial charge in [-0.25, -0.2) is 4.79 Å². The number of carbonyl (C=O) groups is 1. The lowest BCUT2D eigenvalue weighted by Gasteiger charge is -2.19. The quantitative estimate of drug-likeness (QED) is 0.431. The van der Waals surface area contributed by atoms with Crippen molar-refractivity contribution in [3.05, 3.63) is 11.8 Å². The first-order valence-corrected chi connectivity index (χ1v) is 3.13. The Hall–Kier alpha value is -1.34. The van der Waals surface area contributed by atoms with Crippen LogP contribution in [0.15, 0.2) is 11.8 Å². The van der Waals surface area contributed by atoms with Gasteiger partial charge in [-0.3, -0.25) is 0 Å². The molecule has 0 radical (unpaired) electrons. The molecule has 0 aliphatic carbocycles. The molecule has 2 N–H and O–H groups in total. The predicted molar refractivity (Wildman–Crippen MR) is 35.3 cm³/mol. The SMILES string of the molecule is COC(=O)C=C(N)C(F)(F)C(F)(F)F. The van der Waals surface area contributed by atoms with Crippen LogP contribution in [0.5, 0.6) is 0 Å². The normalized spacial score (nSPS) is 14.0. The lowest BCUT2D eigenvalue weighted by atomic mass is 10.2. The van der Waals surface area contributed by atoms with E-state index in [2.05, 4.69) is 10.5 Å². The van der Waals surface area contributed by atoms with E-state index in [9.17, 15) is 26.7 Å². The molecule has 0 aromatic carbocycles. The largest absolute Gasteiger partial charge is 0.466 e. The van der Waals surface area contributed by atoms with Crippen LogP contribution in [-0.4, -0.2) is 25.2 Å². The molecule has 0 spiro atoms. The van der Waals surface area contributed by atoms with Gasteiger partial charge in [-0.05, 0) is 0 Å². The van der Waals surface area contributed by atoms with E-state index in [4.69, 9.17) is 0 Å². The van der Waals surface area contributed by atoms with Gasteiger partial charge in [0.15, 0.2) is 0 Å². The van der Waals surface area contributed by atoms with E-state index in [-0.39, 0.29) is 6.08 Å². The molecule has 0 saturated heterocycles. The Morgan fingerprint density at radius 1 is 1.29 bits per heavy atom. The highest BCUT2D eigenvalue weighted by Crippen LogP contribution is 2.38. The Morgan fingerprint density at radius 3 is 2.00 bits per heavy atom. The van der Waals surface area contributed by atoms with E-state index < -0.39 is 23.8 Å². The highest BCUT2D eigenvalue weighted by Gasteiger charge is 2.59. The standard InChI is InChI=1S/C6H6F5NO2/c1-14-4(13)2-3(12)5(7,8)6(9,10)11/h2H,12H2,1H3. The Bertz CT molecular complexity index is 257. The average molecular weight is 219 g/mol. The minimum absolute atomic E-state index is 0.118. The summed E-state index contributed by atoms with van der Waals surface area (Å²) >= 11 is 0. The Morgan fingerprint density at radius 2 is 1.71 bits per heavy atom. The van der Waals surface area contributed by atoms with Crippen LogP contribution < -0.4 is 5.73 Å². The first-order valence-electron chi connectivity index (χ1n) is 3.13. The number of hydrogen-bond acceptors (Lipinski definition) is 3. The van der Waals surface area contributed by atoms with Crippen molar-refractivity contribution >= 4 is 5.97 Å².